The number of benzene rings is 2. The maximum atomic E-state index is 13.7. The molecular formula is C29H28O9. The lowest BCUT2D eigenvalue weighted by molar-refractivity contribution is -0.347. The fraction of sp³-hybridized carbons (Fsp3) is 0.483. The molecule has 2 aromatic rings. The van der Waals surface area contributed by atoms with Crippen molar-refractivity contribution in [2.24, 2.45) is 0 Å². The molecule has 38 heavy (non-hydrogen) atoms. The monoisotopic (exact) mass is 520 g/mol. The van der Waals surface area contributed by atoms with Gasteiger partial charge in [0.2, 0.25) is 6.29 Å². The highest BCUT2D eigenvalue weighted by atomic mass is 16.9. The summed E-state index contributed by atoms with van der Waals surface area (Å²) in [5.41, 5.74) is 3.67. The van der Waals surface area contributed by atoms with E-state index in [2.05, 4.69) is 0 Å². The summed E-state index contributed by atoms with van der Waals surface area (Å²) < 4.78 is 36.6. The third-order valence-corrected chi connectivity index (χ3v) is 8.55. The summed E-state index contributed by atoms with van der Waals surface area (Å²) in [4.78, 5) is 39.3. The van der Waals surface area contributed by atoms with E-state index in [0.29, 0.717) is 41.0 Å². The Morgan fingerprint density at radius 3 is 2.34 bits per heavy atom. The van der Waals surface area contributed by atoms with Crippen LogP contribution in [0.5, 0.6) is 0 Å². The molecule has 1 spiro atoms. The first-order valence-corrected chi connectivity index (χ1v) is 12.9. The second-order valence-electron chi connectivity index (χ2n) is 10.8. The number of hydrogen-bond acceptors (Lipinski definition) is 9. The van der Waals surface area contributed by atoms with Gasteiger partial charge in [-0.2, -0.15) is 0 Å². The zero-order valence-electron chi connectivity index (χ0n) is 21.6. The summed E-state index contributed by atoms with van der Waals surface area (Å²) >= 11 is 0. The minimum atomic E-state index is -1.44. The van der Waals surface area contributed by atoms with Crippen molar-refractivity contribution in [1.29, 1.82) is 0 Å². The third kappa shape index (κ3) is 3.02. The molecule has 9 nitrogen and oxygen atoms in total. The lowest BCUT2D eigenvalue weighted by Crippen LogP contribution is -2.62. The van der Waals surface area contributed by atoms with Gasteiger partial charge in [0, 0.05) is 29.2 Å². The van der Waals surface area contributed by atoms with Crippen LogP contribution < -0.4 is 0 Å². The highest BCUT2D eigenvalue weighted by molar-refractivity contribution is 6.29. The molecule has 4 heterocycles. The lowest BCUT2D eigenvalue weighted by atomic mass is 9.78. The number of ketones is 2. The molecule has 1 aliphatic carbocycles. The molecule has 7 rings (SSSR count). The second-order valence-corrected chi connectivity index (χ2v) is 10.8. The van der Waals surface area contributed by atoms with Crippen molar-refractivity contribution in [1.82, 2.24) is 0 Å². The zero-order chi connectivity index (χ0) is 26.6. The molecule has 0 N–H and O–H groups in total. The van der Waals surface area contributed by atoms with Crippen molar-refractivity contribution < 1.29 is 42.8 Å². The predicted molar refractivity (Wildman–Crippen MR) is 130 cm³/mol. The van der Waals surface area contributed by atoms with E-state index in [1.54, 1.807) is 18.2 Å². The normalized spacial score (nSPS) is 33.4. The van der Waals surface area contributed by atoms with Crippen LogP contribution in [0.15, 0.2) is 24.3 Å². The van der Waals surface area contributed by atoms with Crippen molar-refractivity contribution in [3.63, 3.8) is 0 Å². The van der Waals surface area contributed by atoms with Gasteiger partial charge in [-0.05, 0) is 61.6 Å². The number of esters is 1. The Hall–Kier alpha value is -2.95. The first-order valence-electron chi connectivity index (χ1n) is 12.9. The van der Waals surface area contributed by atoms with Gasteiger partial charge in [0.05, 0.1) is 19.8 Å². The van der Waals surface area contributed by atoms with Crippen molar-refractivity contribution in [2.45, 2.75) is 70.1 Å². The third-order valence-electron chi connectivity index (χ3n) is 8.55. The van der Waals surface area contributed by atoms with Crippen molar-refractivity contribution in [3.8, 4) is 0 Å². The van der Waals surface area contributed by atoms with Crippen molar-refractivity contribution >= 4 is 17.5 Å². The quantitative estimate of drug-likeness (QED) is 0.380. The summed E-state index contributed by atoms with van der Waals surface area (Å²) in [6.45, 7) is 8.19. The summed E-state index contributed by atoms with van der Waals surface area (Å²) in [5.74, 6) is -2.29. The molecule has 9 heteroatoms. The standard InChI is InChI=1S/C29H28O9/c1-13-6-7-17-21(15(13)3)23(32)20-11-18(14(2)10-19(20)22(17)31)24-25-26(36-16(4)30)28(12-35-28)29(37-24,38-25)27-33-8-5-9-34-27/h6-7,10-11,24-27H,5,8-9,12H2,1-4H3/t24?,25?,26-,28?,29-/m1/s1. The molecule has 3 unspecified atom stereocenters. The van der Waals surface area contributed by atoms with Crippen LogP contribution in [-0.2, 0) is 33.2 Å². The number of carbonyl (C=O) groups excluding carboxylic acids is 3. The van der Waals surface area contributed by atoms with E-state index in [0.717, 1.165) is 23.1 Å². The van der Waals surface area contributed by atoms with E-state index in [1.807, 2.05) is 26.8 Å². The minimum absolute atomic E-state index is 0.180. The van der Waals surface area contributed by atoms with E-state index < -0.39 is 42.0 Å². The molecule has 5 atom stereocenters. The van der Waals surface area contributed by atoms with Crippen LogP contribution in [0.4, 0.5) is 0 Å². The molecule has 0 aromatic heterocycles. The molecule has 5 aliphatic rings. The van der Waals surface area contributed by atoms with Crippen LogP contribution in [0.2, 0.25) is 0 Å². The summed E-state index contributed by atoms with van der Waals surface area (Å²) in [5, 5.41) is 0. The van der Waals surface area contributed by atoms with Crippen LogP contribution in [0.3, 0.4) is 0 Å². The Labute approximate surface area is 219 Å². The summed E-state index contributed by atoms with van der Waals surface area (Å²) in [6, 6.07) is 7.06. The van der Waals surface area contributed by atoms with Gasteiger partial charge in [0.1, 0.15) is 12.2 Å². The molecule has 0 radical (unpaired) electrons. The van der Waals surface area contributed by atoms with Crippen LogP contribution in [-0.4, -0.2) is 67.2 Å². The van der Waals surface area contributed by atoms with Gasteiger partial charge in [0.25, 0.3) is 5.79 Å². The van der Waals surface area contributed by atoms with Crippen molar-refractivity contribution in [3.05, 3.63) is 68.8 Å². The first kappa shape index (κ1) is 24.1. The molecule has 0 saturated carbocycles. The average Bonchev–Trinajstić information content (AvgIpc) is 3.54. The van der Waals surface area contributed by atoms with E-state index in [4.69, 9.17) is 28.4 Å². The highest BCUT2D eigenvalue weighted by Gasteiger charge is 2.85. The molecule has 4 fully saturated rings. The van der Waals surface area contributed by atoms with Gasteiger partial charge >= 0.3 is 5.97 Å². The Morgan fingerprint density at radius 2 is 1.66 bits per heavy atom. The molecule has 4 aliphatic heterocycles. The number of ether oxygens (including phenoxy) is 6. The van der Waals surface area contributed by atoms with Gasteiger partial charge in [0.15, 0.2) is 23.3 Å². The number of rotatable bonds is 3. The lowest BCUT2D eigenvalue weighted by Gasteiger charge is -2.41. The highest BCUT2D eigenvalue weighted by Crippen LogP contribution is 2.64. The maximum Gasteiger partial charge on any atom is 0.303 e. The van der Waals surface area contributed by atoms with E-state index in [9.17, 15) is 14.4 Å². The van der Waals surface area contributed by atoms with Crippen LogP contribution in [0.25, 0.3) is 0 Å². The summed E-state index contributed by atoms with van der Waals surface area (Å²) in [7, 11) is 0. The molecule has 2 bridgehead atoms. The van der Waals surface area contributed by atoms with Crippen LogP contribution in [0.1, 0.15) is 73.5 Å². The minimum Gasteiger partial charge on any atom is -0.456 e. The average molecular weight is 521 g/mol. The molecule has 4 saturated heterocycles. The van der Waals surface area contributed by atoms with Gasteiger partial charge in [-0.1, -0.05) is 12.1 Å². The fourth-order valence-corrected chi connectivity index (χ4v) is 6.46. The van der Waals surface area contributed by atoms with E-state index in [-0.39, 0.29) is 18.2 Å². The number of carbonyl (C=O) groups is 3. The number of hydrogen-bond donors (Lipinski definition) is 0. The van der Waals surface area contributed by atoms with Crippen LogP contribution >= 0.6 is 0 Å². The molecule has 0 amide bonds. The Kier molecular flexibility index (Phi) is 5.10. The first-order chi connectivity index (χ1) is 18.2. The van der Waals surface area contributed by atoms with Gasteiger partial charge in [-0.3, -0.25) is 14.4 Å². The number of epoxide rings is 1. The smallest absolute Gasteiger partial charge is 0.303 e. The number of fused-ring (bicyclic) bond motifs is 5. The molecular weight excluding hydrogens is 492 g/mol. The second kappa shape index (κ2) is 8.03. The molecule has 2 aromatic carbocycles. The fourth-order valence-electron chi connectivity index (χ4n) is 6.46. The van der Waals surface area contributed by atoms with Gasteiger partial charge < -0.3 is 28.4 Å². The van der Waals surface area contributed by atoms with Crippen molar-refractivity contribution in [2.75, 3.05) is 19.8 Å². The van der Waals surface area contributed by atoms with E-state index in [1.165, 1.54) is 6.92 Å². The SMILES string of the molecule is CC(=O)O[C@@H]1C2O[C@@](C3OCCCO3)(OC2c2cc3c(cc2C)C(=O)c2ccc(C)c(C)c2C3=O)C12CO2. The summed E-state index contributed by atoms with van der Waals surface area (Å²) in [6.07, 6.45) is -2.33. The Morgan fingerprint density at radius 1 is 0.947 bits per heavy atom. The Bertz CT molecular complexity index is 1420. The Balaban J connectivity index is 1.33. The van der Waals surface area contributed by atoms with E-state index >= 15 is 0 Å². The zero-order valence-corrected chi connectivity index (χ0v) is 21.6. The van der Waals surface area contributed by atoms with Gasteiger partial charge in [-0.15, -0.1) is 0 Å². The van der Waals surface area contributed by atoms with Crippen LogP contribution in [0, 0.1) is 20.8 Å². The predicted octanol–water partition coefficient (Wildman–Crippen LogP) is 3.02. The van der Waals surface area contributed by atoms with Gasteiger partial charge in [-0.25, -0.2) is 0 Å². The largest absolute Gasteiger partial charge is 0.456 e. The topological polar surface area (TPSA) is 110 Å². The molecule has 198 valence electrons. The maximum absolute atomic E-state index is 13.7. The number of aryl methyl sites for hydroxylation is 2.